The second-order valence-electron chi connectivity index (χ2n) is 11.0. The molecule has 7 heteroatoms. The number of aromatic nitrogens is 4. The van der Waals surface area contributed by atoms with E-state index in [4.69, 9.17) is 9.47 Å². The number of fused-ring (bicyclic) bond motifs is 4. The number of aromatic amines is 1. The van der Waals surface area contributed by atoms with Gasteiger partial charge in [-0.1, -0.05) is 6.07 Å². The lowest BCUT2D eigenvalue weighted by atomic mass is 9.88. The molecule has 2 unspecified atom stereocenters. The van der Waals surface area contributed by atoms with Crippen molar-refractivity contribution >= 4 is 27.5 Å². The summed E-state index contributed by atoms with van der Waals surface area (Å²) in [6.45, 7) is 12.8. The lowest BCUT2D eigenvalue weighted by Crippen LogP contribution is -2.41. The summed E-state index contributed by atoms with van der Waals surface area (Å²) in [7, 11) is 1.68. The molecule has 0 aliphatic carbocycles. The Morgan fingerprint density at radius 1 is 1.13 bits per heavy atom. The minimum absolute atomic E-state index is 0.551. The summed E-state index contributed by atoms with van der Waals surface area (Å²) in [6.07, 6.45) is 7.18. The van der Waals surface area contributed by atoms with E-state index in [2.05, 4.69) is 78.0 Å². The highest BCUT2D eigenvalue weighted by Crippen LogP contribution is 2.39. The molecule has 0 saturated carbocycles. The molecule has 1 N–H and O–H groups in total. The molecule has 2 atom stereocenters. The summed E-state index contributed by atoms with van der Waals surface area (Å²) >= 11 is 0. The van der Waals surface area contributed by atoms with Crippen molar-refractivity contribution in [3.8, 4) is 16.9 Å². The molecule has 6 rings (SSSR count). The lowest BCUT2D eigenvalue weighted by Gasteiger charge is -2.37. The second-order valence-corrected chi connectivity index (χ2v) is 11.0. The summed E-state index contributed by atoms with van der Waals surface area (Å²) in [5.74, 6) is 1.28. The number of pyridine rings is 1. The van der Waals surface area contributed by atoms with E-state index in [0.717, 1.165) is 48.7 Å². The first-order valence-electron chi connectivity index (χ1n) is 14.2. The summed E-state index contributed by atoms with van der Waals surface area (Å²) in [5.41, 5.74) is 9.33. The number of nitrogens with one attached hydrogen (secondary N) is 1. The van der Waals surface area contributed by atoms with Crippen LogP contribution in [0.1, 0.15) is 55.7 Å². The van der Waals surface area contributed by atoms with Crippen LogP contribution >= 0.6 is 0 Å². The van der Waals surface area contributed by atoms with E-state index in [1.807, 2.05) is 6.20 Å². The Kier molecular flexibility index (Phi) is 7.04. The average molecular weight is 526 g/mol. The molecule has 1 aliphatic heterocycles. The number of rotatable bonds is 8. The number of methoxy groups -OCH3 is 1. The number of hydrogen-bond acceptors (Lipinski definition) is 5. The van der Waals surface area contributed by atoms with Crippen LogP contribution in [-0.4, -0.2) is 63.9 Å². The van der Waals surface area contributed by atoms with Gasteiger partial charge in [-0.05, 0) is 106 Å². The van der Waals surface area contributed by atoms with Gasteiger partial charge in [0.1, 0.15) is 6.33 Å². The van der Waals surface area contributed by atoms with Crippen LogP contribution in [0, 0.1) is 13.8 Å². The second kappa shape index (κ2) is 10.6. The van der Waals surface area contributed by atoms with Crippen LogP contribution in [0.4, 0.5) is 0 Å². The quantitative estimate of drug-likeness (QED) is 0.230. The Hall–Kier alpha value is -3.42. The molecule has 4 heterocycles. The van der Waals surface area contributed by atoms with Crippen molar-refractivity contribution < 1.29 is 9.47 Å². The third kappa shape index (κ3) is 4.68. The smallest absolute Gasteiger partial charge is 0.197 e. The number of ether oxygens (including phenoxy) is 2. The molecule has 0 radical (unpaired) electrons. The monoisotopic (exact) mass is 525 g/mol. The first-order chi connectivity index (χ1) is 19.0. The lowest BCUT2D eigenvalue weighted by molar-refractivity contribution is 0.0961. The summed E-state index contributed by atoms with van der Waals surface area (Å²) < 4.78 is 13.0. The van der Waals surface area contributed by atoms with Crippen molar-refractivity contribution in [3.05, 3.63) is 59.5 Å². The molecule has 1 fully saturated rings. The van der Waals surface area contributed by atoms with Gasteiger partial charge >= 0.3 is 0 Å². The van der Waals surface area contributed by atoms with E-state index in [0.29, 0.717) is 12.0 Å². The highest BCUT2D eigenvalue weighted by molar-refractivity contribution is 6.11. The molecule has 0 amide bonds. The SMILES string of the molecule is CCOCCC(C)N1CCCC(c2ccc3[nH]c4cc(-c5cc(OC)c6ncnn6c5)c(C)c(C)c4c3c2)C1. The molecule has 0 spiro atoms. The number of nitrogens with zero attached hydrogens (tertiary/aromatic N) is 4. The predicted molar refractivity (Wildman–Crippen MR) is 158 cm³/mol. The Morgan fingerprint density at radius 3 is 2.82 bits per heavy atom. The Labute approximate surface area is 230 Å². The van der Waals surface area contributed by atoms with Crippen LogP contribution in [0.25, 0.3) is 38.6 Å². The van der Waals surface area contributed by atoms with Crippen molar-refractivity contribution in [1.29, 1.82) is 0 Å². The van der Waals surface area contributed by atoms with E-state index >= 15 is 0 Å². The highest BCUT2D eigenvalue weighted by atomic mass is 16.5. The molecule has 3 aromatic heterocycles. The van der Waals surface area contributed by atoms with E-state index in [1.165, 1.54) is 57.9 Å². The van der Waals surface area contributed by atoms with E-state index in [9.17, 15) is 0 Å². The fourth-order valence-electron chi connectivity index (χ4n) is 6.39. The van der Waals surface area contributed by atoms with Gasteiger partial charge in [0.25, 0.3) is 0 Å². The number of hydrogen-bond donors (Lipinski definition) is 1. The standard InChI is InChI=1S/C32H39N5O2/c1-6-39-13-11-20(2)36-12-7-8-24(17-36)23-9-10-28-27(14-23)31-22(4)21(3)26(16-29(31)35-28)25-15-30(38-5)32-33-19-34-37(32)18-25/h9-10,14-16,18-20,24,35H,6-8,11-13,17H2,1-5H3. The maximum atomic E-state index is 5.63. The maximum Gasteiger partial charge on any atom is 0.197 e. The number of benzene rings is 2. The number of piperidine rings is 1. The van der Waals surface area contributed by atoms with Crippen molar-refractivity contribution in [1.82, 2.24) is 24.5 Å². The van der Waals surface area contributed by atoms with Gasteiger partial charge in [-0.15, -0.1) is 0 Å². The summed E-state index contributed by atoms with van der Waals surface area (Å²) in [5, 5.41) is 7.00. The van der Waals surface area contributed by atoms with Crippen LogP contribution in [0.5, 0.6) is 5.75 Å². The van der Waals surface area contributed by atoms with Gasteiger partial charge in [-0.2, -0.15) is 5.10 Å². The van der Waals surface area contributed by atoms with Crippen LogP contribution < -0.4 is 4.74 Å². The molecule has 5 aromatic rings. The van der Waals surface area contributed by atoms with Gasteiger partial charge in [0.05, 0.1) is 7.11 Å². The summed E-state index contributed by atoms with van der Waals surface area (Å²) in [4.78, 5) is 10.7. The van der Waals surface area contributed by atoms with Crippen molar-refractivity contribution in [2.24, 2.45) is 0 Å². The van der Waals surface area contributed by atoms with Crippen LogP contribution in [-0.2, 0) is 4.74 Å². The zero-order valence-electron chi connectivity index (χ0n) is 23.8. The molecule has 39 heavy (non-hydrogen) atoms. The molecular formula is C32H39N5O2. The molecule has 1 aliphatic rings. The topological polar surface area (TPSA) is 67.7 Å². The molecule has 204 valence electrons. The largest absolute Gasteiger partial charge is 0.493 e. The van der Waals surface area contributed by atoms with E-state index < -0.39 is 0 Å². The zero-order chi connectivity index (χ0) is 27.1. The Morgan fingerprint density at radius 2 is 2.00 bits per heavy atom. The van der Waals surface area contributed by atoms with Gasteiger partial charge in [-0.3, -0.25) is 4.90 Å². The minimum Gasteiger partial charge on any atom is -0.493 e. The molecule has 0 bridgehead atoms. The molecule has 1 saturated heterocycles. The van der Waals surface area contributed by atoms with E-state index in [-0.39, 0.29) is 0 Å². The third-order valence-electron chi connectivity index (χ3n) is 8.79. The number of likely N-dealkylation sites (tertiary alicyclic amines) is 1. The highest BCUT2D eigenvalue weighted by Gasteiger charge is 2.25. The fourth-order valence-corrected chi connectivity index (χ4v) is 6.39. The van der Waals surface area contributed by atoms with Crippen molar-refractivity contribution in [2.45, 2.75) is 58.9 Å². The average Bonchev–Trinajstić information content (AvgIpc) is 3.58. The Bertz CT molecular complexity index is 1630. The third-order valence-corrected chi connectivity index (χ3v) is 8.79. The minimum atomic E-state index is 0.551. The first kappa shape index (κ1) is 25.8. The Balaban J connectivity index is 1.36. The number of aryl methyl sites for hydroxylation is 1. The van der Waals surface area contributed by atoms with Gasteiger partial charge < -0.3 is 14.5 Å². The van der Waals surface area contributed by atoms with Crippen molar-refractivity contribution in [2.75, 3.05) is 33.4 Å². The van der Waals surface area contributed by atoms with Gasteiger partial charge in [0, 0.05) is 59.4 Å². The van der Waals surface area contributed by atoms with Crippen LogP contribution in [0.2, 0.25) is 0 Å². The van der Waals surface area contributed by atoms with Crippen molar-refractivity contribution in [3.63, 3.8) is 0 Å². The van der Waals surface area contributed by atoms with E-state index in [1.54, 1.807) is 18.0 Å². The van der Waals surface area contributed by atoms with Gasteiger partial charge in [0.2, 0.25) is 0 Å². The maximum absolute atomic E-state index is 5.63. The zero-order valence-corrected chi connectivity index (χ0v) is 23.8. The predicted octanol–water partition coefficient (Wildman–Crippen LogP) is 6.65. The normalized spacial score (nSPS) is 17.4. The fraction of sp³-hybridized carbons (Fsp3) is 0.438. The summed E-state index contributed by atoms with van der Waals surface area (Å²) in [6, 6.07) is 11.9. The molecule has 7 nitrogen and oxygen atoms in total. The van der Waals surface area contributed by atoms with Gasteiger partial charge in [-0.25, -0.2) is 9.50 Å². The van der Waals surface area contributed by atoms with Crippen LogP contribution in [0.15, 0.2) is 42.9 Å². The first-order valence-corrected chi connectivity index (χ1v) is 14.2. The number of H-pyrrole nitrogens is 1. The van der Waals surface area contributed by atoms with Gasteiger partial charge in [0.15, 0.2) is 11.4 Å². The molecular weight excluding hydrogens is 486 g/mol. The molecule has 2 aromatic carbocycles. The van der Waals surface area contributed by atoms with Crippen LogP contribution in [0.3, 0.4) is 0 Å².